The third kappa shape index (κ3) is 5.36. The van der Waals surface area contributed by atoms with Crippen LogP contribution in [0.25, 0.3) is 11.8 Å². The number of hydrogen-bond donors (Lipinski definition) is 1. The Morgan fingerprint density at radius 2 is 1.53 bits per heavy atom. The molecule has 192 valence electrons. The summed E-state index contributed by atoms with van der Waals surface area (Å²) < 4.78 is 8.03. The number of amides is 3. The van der Waals surface area contributed by atoms with Crippen molar-refractivity contribution in [1.82, 2.24) is 14.8 Å². The van der Waals surface area contributed by atoms with Crippen LogP contribution in [0.1, 0.15) is 33.6 Å². The fourth-order valence-electron chi connectivity index (χ4n) is 4.52. The minimum absolute atomic E-state index is 0.230. The van der Waals surface area contributed by atoms with Crippen molar-refractivity contribution in [2.45, 2.75) is 33.9 Å². The quantitative estimate of drug-likeness (QED) is 0.215. The number of imide groups is 1. The summed E-state index contributed by atoms with van der Waals surface area (Å²) >= 11 is 5.95. The molecule has 1 N–H and O–H groups in total. The van der Waals surface area contributed by atoms with Gasteiger partial charge in [0, 0.05) is 22.1 Å². The molecule has 0 bridgehead atoms. The van der Waals surface area contributed by atoms with Crippen molar-refractivity contribution in [2.24, 2.45) is 0 Å². The van der Waals surface area contributed by atoms with E-state index in [2.05, 4.69) is 9.88 Å². The van der Waals surface area contributed by atoms with E-state index in [0.717, 1.165) is 45.1 Å². The Hall–Kier alpha value is -4.29. The van der Waals surface area contributed by atoms with Gasteiger partial charge in [-0.2, -0.15) is 0 Å². The number of ether oxygens (including phenoxy) is 1. The van der Waals surface area contributed by atoms with Crippen molar-refractivity contribution in [1.29, 1.82) is 0 Å². The molecule has 1 aromatic heterocycles. The Morgan fingerprint density at radius 1 is 0.868 bits per heavy atom. The first kappa shape index (κ1) is 25.4. The van der Waals surface area contributed by atoms with Gasteiger partial charge in [-0.25, -0.2) is 4.79 Å². The van der Waals surface area contributed by atoms with Crippen molar-refractivity contribution < 1.29 is 14.3 Å². The number of nitrogens with zero attached hydrogens (tertiary/aromatic N) is 2. The number of benzene rings is 3. The molecule has 1 saturated heterocycles. The lowest BCUT2D eigenvalue weighted by molar-refractivity contribution is -0.123. The molecule has 4 aromatic rings. The van der Waals surface area contributed by atoms with Gasteiger partial charge in [0.1, 0.15) is 18.1 Å². The molecular weight excluding hydrogens is 498 g/mol. The molecular formula is C31H28ClN3O3. The van der Waals surface area contributed by atoms with Crippen LogP contribution in [0.2, 0.25) is 5.02 Å². The van der Waals surface area contributed by atoms with Crippen LogP contribution in [-0.2, 0) is 17.9 Å². The van der Waals surface area contributed by atoms with Gasteiger partial charge in [-0.1, -0.05) is 53.6 Å². The van der Waals surface area contributed by atoms with Gasteiger partial charge in [-0.3, -0.25) is 9.69 Å². The summed E-state index contributed by atoms with van der Waals surface area (Å²) in [6, 6.07) is 24.8. The van der Waals surface area contributed by atoms with Crippen molar-refractivity contribution >= 4 is 29.6 Å². The highest BCUT2D eigenvalue weighted by atomic mass is 35.5. The highest BCUT2D eigenvalue weighted by Gasteiger charge is 2.33. The first-order valence-electron chi connectivity index (χ1n) is 12.4. The monoisotopic (exact) mass is 525 g/mol. The summed E-state index contributed by atoms with van der Waals surface area (Å²) in [6.07, 6.45) is 1.75. The number of nitrogens with one attached hydrogen (secondary N) is 1. The van der Waals surface area contributed by atoms with Crippen molar-refractivity contribution in [2.75, 3.05) is 0 Å². The van der Waals surface area contributed by atoms with Crippen LogP contribution in [0.5, 0.6) is 5.75 Å². The van der Waals surface area contributed by atoms with Crippen LogP contribution in [0.3, 0.4) is 0 Å². The first-order valence-corrected chi connectivity index (χ1v) is 12.7. The molecule has 5 rings (SSSR count). The second kappa shape index (κ2) is 10.6. The average molecular weight is 526 g/mol. The Morgan fingerprint density at radius 3 is 2.21 bits per heavy atom. The van der Waals surface area contributed by atoms with Gasteiger partial charge in [-0.05, 0) is 86.0 Å². The molecule has 1 fully saturated rings. The van der Waals surface area contributed by atoms with Gasteiger partial charge in [0.25, 0.3) is 5.91 Å². The van der Waals surface area contributed by atoms with E-state index in [0.29, 0.717) is 11.6 Å². The molecule has 1 aliphatic rings. The third-order valence-corrected chi connectivity index (χ3v) is 6.86. The zero-order valence-corrected chi connectivity index (χ0v) is 22.3. The molecule has 0 radical (unpaired) electrons. The molecule has 0 spiro atoms. The molecule has 7 heteroatoms. The Balaban J connectivity index is 1.31. The van der Waals surface area contributed by atoms with Crippen LogP contribution >= 0.6 is 11.6 Å². The molecule has 3 aromatic carbocycles. The van der Waals surface area contributed by atoms with Gasteiger partial charge in [0.05, 0.1) is 6.54 Å². The summed E-state index contributed by atoms with van der Waals surface area (Å²) in [5.41, 5.74) is 7.16. The second-order valence-electron chi connectivity index (χ2n) is 9.44. The zero-order valence-electron chi connectivity index (χ0n) is 21.5. The van der Waals surface area contributed by atoms with Crippen LogP contribution in [0, 0.1) is 20.8 Å². The summed E-state index contributed by atoms with van der Waals surface area (Å²) in [5.74, 6) is 0.434. The third-order valence-electron chi connectivity index (χ3n) is 6.61. The van der Waals surface area contributed by atoms with E-state index >= 15 is 0 Å². The molecule has 6 nitrogen and oxygen atoms in total. The fraction of sp³-hybridized carbons (Fsp3) is 0.161. The number of aromatic nitrogens is 1. The van der Waals surface area contributed by atoms with Crippen LogP contribution in [-0.4, -0.2) is 21.4 Å². The lowest BCUT2D eigenvalue weighted by Crippen LogP contribution is -2.30. The van der Waals surface area contributed by atoms with Gasteiger partial charge >= 0.3 is 6.03 Å². The largest absolute Gasteiger partial charge is 0.489 e. The van der Waals surface area contributed by atoms with E-state index in [-0.39, 0.29) is 18.1 Å². The van der Waals surface area contributed by atoms with E-state index in [9.17, 15) is 9.59 Å². The molecule has 0 aliphatic carbocycles. The Kier molecular flexibility index (Phi) is 7.07. The standard InChI is InChI=1S/C31H28ClN3O3/c1-20-4-6-23(7-5-20)18-34-30(36)29(33-31(34)37)17-25-16-21(2)35(22(25)3)27-12-14-28(15-13-27)38-19-24-8-10-26(32)11-9-24/h4-17H,18-19H2,1-3H3,(H,33,37)/b29-17+. The number of hydrogen-bond acceptors (Lipinski definition) is 3. The topological polar surface area (TPSA) is 63.6 Å². The normalized spacial score (nSPS) is 14.3. The maximum Gasteiger partial charge on any atom is 0.329 e. The van der Waals surface area contributed by atoms with Crippen LogP contribution in [0.4, 0.5) is 4.79 Å². The van der Waals surface area contributed by atoms with E-state index in [1.165, 1.54) is 4.90 Å². The predicted molar refractivity (Wildman–Crippen MR) is 149 cm³/mol. The number of rotatable bonds is 7. The van der Waals surface area contributed by atoms with Gasteiger partial charge < -0.3 is 14.6 Å². The molecule has 1 aliphatic heterocycles. The van der Waals surface area contributed by atoms with Crippen molar-refractivity contribution in [3.8, 4) is 11.4 Å². The van der Waals surface area contributed by atoms with Crippen LogP contribution in [0.15, 0.2) is 84.6 Å². The number of urea groups is 1. The minimum Gasteiger partial charge on any atom is -0.489 e. The van der Waals surface area contributed by atoms with Gasteiger partial charge in [-0.15, -0.1) is 0 Å². The summed E-state index contributed by atoms with van der Waals surface area (Å²) in [5, 5.41) is 3.43. The van der Waals surface area contributed by atoms with Crippen LogP contribution < -0.4 is 10.1 Å². The Bertz CT molecular complexity index is 1520. The lowest BCUT2D eigenvalue weighted by atomic mass is 10.1. The molecule has 3 amide bonds. The first-order chi connectivity index (χ1) is 18.3. The minimum atomic E-state index is -0.412. The molecule has 0 saturated carbocycles. The Labute approximate surface area is 227 Å². The van der Waals surface area contributed by atoms with E-state index in [1.807, 2.05) is 99.6 Å². The molecule has 2 heterocycles. The van der Waals surface area contributed by atoms with E-state index < -0.39 is 6.03 Å². The lowest BCUT2D eigenvalue weighted by Gasteiger charge is -2.12. The van der Waals surface area contributed by atoms with E-state index in [4.69, 9.17) is 16.3 Å². The van der Waals surface area contributed by atoms with Crippen molar-refractivity contribution in [3.63, 3.8) is 0 Å². The van der Waals surface area contributed by atoms with Gasteiger partial charge in [0.15, 0.2) is 0 Å². The van der Waals surface area contributed by atoms with E-state index in [1.54, 1.807) is 6.08 Å². The zero-order chi connectivity index (χ0) is 26.8. The summed E-state index contributed by atoms with van der Waals surface area (Å²) in [7, 11) is 0. The summed E-state index contributed by atoms with van der Waals surface area (Å²) in [6.45, 7) is 6.69. The second-order valence-corrected chi connectivity index (χ2v) is 9.87. The number of carbonyl (C=O) groups is 2. The predicted octanol–water partition coefficient (Wildman–Crippen LogP) is 6.73. The number of aryl methyl sites for hydroxylation is 2. The fourth-order valence-corrected chi connectivity index (χ4v) is 4.64. The number of carbonyl (C=O) groups excluding carboxylic acids is 2. The van der Waals surface area contributed by atoms with Crippen molar-refractivity contribution in [3.05, 3.63) is 123 Å². The maximum atomic E-state index is 13.0. The average Bonchev–Trinajstić information content (AvgIpc) is 3.34. The molecule has 0 atom stereocenters. The molecule has 0 unspecified atom stereocenters. The molecule has 38 heavy (non-hydrogen) atoms. The smallest absolute Gasteiger partial charge is 0.329 e. The SMILES string of the molecule is Cc1ccc(CN2C(=O)N/C(=C/c3cc(C)n(-c4ccc(OCc5ccc(Cl)cc5)cc4)c3C)C2=O)cc1. The highest BCUT2D eigenvalue weighted by molar-refractivity contribution is 6.30. The highest BCUT2D eigenvalue weighted by Crippen LogP contribution is 2.26. The summed E-state index contributed by atoms with van der Waals surface area (Å²) in [4.78, 5) is 26.8. The number of halogens is 1. The van der Waals surface area contributed by atoms with Gasteiger partial charge in [0.2, 0.25) is 0 Å². The maximum absolute atomic E-state index is 13.0.